The smallest absolute Gasteiger partial charge is 0.0687 e. The fourth-order valence-electron chi connectivity index (χ4n) is 3.92. The molecule has 18 heavy (non-hydrogen) atoms. The van der Waals surface area contributed by atoms with Crippen molar-refractivity contribution < 1.29 is 0 Å². The Hall–Kier alpha value is -0.830. The van der Waals surface area contributed by atoms with E-state index in [4.69, 9.17) is 5.10 Å². The van der Waals surface area contributed by atoms with E-state index in [2.05, 4.69) is 24.0 Å². The van der Waals surface area contributed by atoms with Crippen LogP contribution in [-0.2, 0) is 7.05 Å². The third kappa shape index (κ3) is 2.09. The second kappa shape index (κ2) is 5.04. The molecule has 3 rings (SSSR count). The number of nitrogens with zero attached hydrogens (tertiary/aromatic N) is 2. The molecular weight excluding hydrogens is 222 g/mol. The Kier molecular flexibility index (Phi) is 3.42. The summed E-state index contributed by atoms with van der Waals surface area (Å²) in [6, 6.07) is 0. The Morgan fingerprint density at radius 1 is 1.06 bits per heavy atom. The molecule has 0 amide bonds. The third-order valence-electron chi connectivity index (χ3n) is 4.84. The molecule has 2 fully saturated rings. The van der Waals surface area contributed by atoms with Gasteiger partial charge in [0.25, 0.3) is 0 Å². The summed E-state index contributed by atoms with van der Waals surface area (Å²) in [6.45, 7) is 4.63. The molecule has 0 spiro atoms. The van der Waals surface area contributed by atoms with Crippen LogP contribution >= 0.6 is 0 Å². The van der Waals surface area contributed by atoms with Gasteiger partial charge in [0.2, 0.25) is 0 Å². The van der Waals surface area contributed by atoms with Crippen molar-refractivity contribution in [3.05, 3.63) is 17.0 Å². The topological polar surface area (TPSA) is 29.9 Å². The van der Waals surface area contributed by atoms with E-state index in [0.717, 1.165) is 24.9 Å². The van der Waals surface area contributed by atoms with Crippen LogP contribution in [0, 0.1) is 6.92 Å². The van der Waals surface area contributed by atoms with Crippen LogP contribution in [-0.4, -0.2) is 22.9 Å². The molecule has 2 aliphatic rings. The summed E-state index contributed by atoms with van der Waals surface area (Å²) >= 11 is 0. The molecule has 0 unspecified atom stereocenters. The highest BCUT2D eigenvalue weighted by molar-refractivity contribution is 5.31. The summed E-state index contributed by atoms with van der Waals surface area (Å²) in [5.41, 5.74) is 4.42. The molecule has 1 aromatic heterocycles. The second-order valence-corrected chi connectivity index (χ2v) is 6.02. The van der Waals surface area contributed by atoms with Crippen LogP contribution < -0.4 is 5.32 Å². The van der Waals surface area contributed by atoms with E-state index in [1.54, 1.807) is 0 Å². The Labute approximate surface area is 110 Å². The molecule has 1 saturated heterocycles. The Balaban J connectivity index is 1.89. The van der Waals surface area contributed by atoms with Crippen molar-refractivity contribution in [1.82, 2.24) is 15.1 Å². The van der Waals surface area contributed by atoms with Crippen molar-refractivity contribution in [3.8, 4) is 0 Å². The first kappa shape index (κ1) is 12.2. The highest BCUT2D eigenvalue weighted by Crippen LogP contribution is 2.38. The van der Waals surface area contributed by atoms with Crippen LogP contribution in [0.5, 0.6) is 0 Å². The van der Waals surface area contributed by atoms with Gasteiger partial charge in [-0.3, -0.25) is 4.68 Å². The predicted molar refractivity (Wildman–Crippen MR) is 74.0 cm³/mol. The first-order chi connectivity index (χ1) is 8.77. The van der Waals surface area contributed by atoms with E-state index in [1.807, 2.05) is 0 Å². The number of aromatic nitrogens is 2. The van der Waals surface area contributed by atoms with E-state index in [9.17, 15) is 0 Å². The largest absolute Gasteiger partial charge is 0.317 e. The predicted octanol–water partition coefficient (Wildman–Crippen LogP) is 2.85. The molecule has 0 aromatic carbocycles. The van der Waals surface area contributed by atoms with Gasteiger partial charge in [-0.15, -0.1) is 0 Å². The van der Waals surface area contributed by atoms with Gasteiger partial charge >= 0.3 is 0 Å². The molecule has 1 N–H and O–H groups in total. The lowest BCUT2D eigenvalue weighted by molar-refractivity contribution is 0.438. The van der Waals surface area contributed by atoms with Gasteiger partial charge < -0.3 is 5.32 Å². The zero-order valence-corrected chi connectivity index (χ0v) is 11.7. The van der Waals surface area contributed by atoms with E-state index in [0.29, 0.717) is 0 Å². The average Bonchev–Trinajstić information content (AvgIpc) is 2.99. The first-order valence-electron chi connectivity index (χ1n) is 7.51. The fourth-order valence-corrected chi connectivity index (χ4v) is 3.92. The summed E-state index contributed by atoms with van der Waals surface area (Å²) in [6.07, 6.45) is 8.02. The molecule has 0 atom stereocenters. The maximum atomic E-state index is 4.86. The van der Waals surface area contributed by atoms with Gasteiger partial charge in [0, 0.05) is 24.6 Å². The monoisotopic (exact) mass is 247 g/mol. The highest BCUT2D eigenvalue weighted by atomic mass is 15.3. The van der Waals surface area contributed by atoms with Crippen molar-refractivity contribution >= 4 is 0 Å². The molecule has 1 aromatic rings. The summed E-state index contributed by atoms with van der Waals surface area (Å²) in [7, 11) is 2.14. The minimum absolute atomic E-state index is 0.721. The number of aryl methyl sites for hydroxylation is 1. The SMILES string of the molecule is Cc1c(C2CCCC2)nn(C)c1C1CCNCC1. The minimum atomic E-state index is 0.721. The lowest BCUT2D eigenvalue weighted by atomic mass is 9.90. The van der Waals surface area contributed by atoms with Crippen LogP contribution in [0.3, 0.4) is 0 Å². The van der Waals surface area contributed by atoms with Gasteiger partial charge in [0.1, 0.15) is 0 Å². The van der Waals surface area contributed by atoms with Gasteiger partial charge in [0.15, 0.2) is 0 Å². The van der Waals surface area contributed by atoms with E-state index >= 15 is 0 Å². The van der Waals surface area contributed by atoms with Crippen molar-refractivity contribution in [1.29, 1.82) is 0 Å². The molecule has 3 heteroatoms. The van der Waals surface area contributed by atoms with Crippen molar-refractivity contribution in [2.45, 2.75) is 57.3 Å². The number of piperidine rings is 1. The van der Waals surface area contributed by atoms with Gasteiger partial charge in [-0.2, -0.15) is 5.10 Å². The number of nitrogens with one attached hydrogen (secondary N) is 1. The summed E-state index contributed by atoms with van der Waals surface area (Å²) in [5, 5.41) is 8.32. The van der Waals surface area contributed by atoms with Gasteiger partial charge in [-0.25, -0.2) is 0 Å². The average molecular weight is 247 g/mol. The zero-order chi connectivity index (χ0) is 12.5. The molecule has 0 radical (unpaired) electrons. The second-order valence-electron chi connectivity index (χ2n) is 6.02. The first-order valence-corrected chi connectivity index (χ1v) is 7.51. The fraction of sp³-hybridized carbons (Fsp3) is 0.800. The normalized spacial score (nSPS) is 22.8. The maximum absolute atomic E-state index is 4.86. The molecule has 1 aliphatic carbocycles. The van der Waals surface area contributed by atoms with Crippen LogP contribution in [0.15, 0.2) is 0 Å². The molecule has 100 valence electrons. The van der Waals surface area contributed by atoms with Crippen LogP contribution in [0.2, 0.25) is 0 Å². The Morgan fingerprint density at radius 3 is 2.39 bits per heavy atom. The van der Waals surface area contributed by atoms with Crippen molar-refractivity contribution in [2.75, 3.05) is 13.1 Å². The van der Waals surface area contributed by atoms with Gasteiger partial charge in [-0.05, 0) is 51.3 Å². The molecule has 0 bridgehead atoms. The molecule has 1 saturated carbocycles. The van der Waals surface area contributed by atoms with E-state index in [1.165, 1.54) is 55.5 Å². The minimum Gasteiger partial charge on any atom is -0.317 e. The maximum Gasteiger partial charge on any atom is 0.0687 e. The lowest BCUT2D eigenvalue weighted by Gasteiger charge is -2.23. The lowest BCUT2D eigenvalue weighted by Crippen LogP contribution is -2.27. The third-order valence-corrected chi connectivity index (χ3v) is 4.84. The van der Waals surface area contributed by atoms with E-state index < -0.39 is 0 Å². The highest BCUT2D eigenvalue weighted by Gasteiger charge is 2.27. The van der Waals surface area contributed by atoms with Crippen LogP contribution in [0.25, 0.3) is 0 Å². The summed E-state index contributed by atoms with van der Waals surface area (Å²) in [4.78, 5) is 0. The number of rotatable bonds is 2. The Bertz CT molecular complexity index is 410. The van der Waals surface area contributed by atoms with Crippen LogP contribution in [0.4, 0.5) is 0 Å². The molecule has 1 aliphatic heterocycles. The van der Waals surface area contributed by atoms with Crippen molar-refractivity contribution in [3.63, 3.8) is 0 Å². The summed E-state index contributed by atoms with van der Waals surface area (Å²) in [5.74, 6) is 1.46. The summed E-state index contributed by atoms with van der Waals surface area (Å²) < 4.78 is 2.18. The van der Waals surface area contributed by atoms with Crippen LogP contribution in [0.1, 0.15) is 67.3 Å². The Morgan fingerprint density at radius 2 is 1.72 bits per heavy atom. The van der Waals surface area contributed by atoms with Gasteiger partial charge in [0.05, 0.1) is 5.69 Å². The molecular formula is C15H25N3. The molecule has 3 nitrogen and oxygen atoms in total. The standard InChI is InChI=1S/C15H25N3/c1-11-14(12-5-3-4-6-12)17-18(2)15(11)13-7-9-16-10-8-13/h12-13,16H,3-10H2,1-2H3. The van der Waals surface area contributed by atoms with E-state index in [-0.39, 0.29) is 0 Å². The van der Waals surface area contributed by atoms with Crippen molar-refractivity contribution in [2.24, 2.45) is 7.05 Å². The number of hydrogen-bond donors (Lipinski definition) is 1. The number of hydrogen-bond acceptors (Lipinski definition) is 2. The zero-order valence-electron chi connectivity index (χ0n) is 11.7. The van der Waals surface area contributed by atoms with Gasteiger partial charge in [-0.1, -0.05) is 12.8 Å². The quantitative estimate of drug-likeness (QED) is 0.871. The molecule has 2 heterocycles.